The summed E-state index contributed by atoms with van der Waals surface area (Å²) in [7, 11) is 0. The second-order valence-electron chi connectivity index (χ2n) is 4.52. The van der Waals surface area contributed by atoms with Crippen molar-refractivity contribution in [1.82, 2.24) is 15.5 Å². The molecule has 0 spiro atoms. The molecule has 2 saturated heterocycles. The number of piperazine rings is 1. The first-order valence-corrected chi connectivity index (χ1v) is 5.82. The van der Waals surface area contributed by atoms with Gasteiger partial charge < -0.3 is 10.6 Å². The van der Waals surface area contributed by atoms with Crippen LogP contribution in [0.25, 0.3) is 0 Å². The standard InChI is InChI=1S/C10H18F3N3/c11-10(12,13)8-1-2-15-9(7-8)16-5-3-14-4-6-16/h8-9,14-15H,1-7H2. The third kappa shape index (κ3) is 2.87. The van der Waals surface area contributed by atoms with E-state index in [9.17, 15) is 13.2 Å². The lowest BCUT2D eigenvalue weighted by molar-refractivity contribution is -0.187. The van der Waals surface area contributed by atoms with Gasteiger partial charge >= 0.3 is 6.18 Å². The van der Waals surface area contributed by atoms with E-state index in [2.05, 4.69) is 15.5 Å². The molecule has 2 heterocycles. The molecule has 0 radical (unpaired) electrons. The van der Waals surface area contributed by atoms with Crippen molar-refractivity contribution in [2.45, 2.75) is 25.2 Å². The summed E-state index contributed by atoms with van der Waals surface area (Å²) in [4.78, 5) is 2.12. The maximum atomic E-state index is 12.6. The van der Waals surface area contributed by atoms with Crippen LogP contribution < -0.4 is 10.6 Å². The van der Waals surface area contributed by atoms with E-state index in [1.807, 2.05) is 0 Å². The highest BCUT2D eigenvalue weighted by Crippen LogP contribution is 2.34. The first-order chi connectivity index (χ1) is 7.57. The van der Waals surface area contributed by atoms with Crippen molar-refractivity contribution in [3.8, 4) is 0 Å². The topological polar surface area (TPSA) is 27.3 Å². The second-order valence-corrected chi connectivity index (χ2v) is 4.52. The van der Waals surface area contributed by atoms with Gasteiger partial charge in [-0.05, 0) is 19.4 Å². The molecule has 0 bridgehead atoms. The van der Waals surface area contributed by atoms with E-state index in [-0.39, 0.29) is 19.0 Å². The number of piperidine rings is 1. The lowest BCUT2D eigenvalue weighted by atomic mass is 9.94. The molecule has 2 fully saturated rings. The van der Waals surface area contributed by atoms with E-state index < -0.39 is 12.1 Å². The molecular formula is C10H18F3N3. The summed E-state index contributed by atoms with van der Waals surface area (Å²) in [6.45, 7) is 3.88. The lowest BCUT2D eigenvalue weighted by Crippen LogP contribution is -2.57. The Balaban J connectivity index is 1.90. The minimum absolute atomic E-state index is 0.0949. The number of hydrogen-bond donors (Lipinski definition) is 2. The quantitative estimate of drug-likeness (QED) is 0.705. The summed E-state index contributed by atoms with van der Waals surface area (Å²) >= 11 is 0. The van der Waals surface area contributed by atoms with Crippen molar-refractivity contribution >= 4 is 0 Å². The highest BCUT2D eigenvalue weighted by Gasteiger charge is 2.43. The minimum Gasteiger partial charge on any atom is -0.314 e. The van der Waals surface area contributed by atoms with Crippen molar-refractivity contribution in [2.24, 2.45) is 5.92 Å². The van der Waals surface area contributed by atoms with Gasteiger partial charge in [0.2, 0.25) is 0 Å². The van der Waals surface area contributed by atoms with Crippen LogP contribution in [-0.2, 0) is 0 Å². The van der Waals surface area contributed by atoms with Crippen LogP contribution in [0.5, 0.6) is 0 Å². The van der Waals surface area contributed by atoms with Crippen molar-refractivity contribution in [1.29, 1.82) is 0 Å². The van der Waals surface area contributed by atoms with Gasteiger partial charge in [-0.15, -0.1) is 0 Å². The summed E-state index contributed by atoms with van der Waals surface area (Å²) in [5, 5.41) is 6.39. The molecule has 3 nitrogen and oxygen atoms in total. The highest BCUT2D eigenvalue weighted by molar-refractivity contribution is 4.84. The third-order valence-electron chi connectivity index (χ3n) is 3.44. The molecule has 0 aromatic heterocycles. The van der Waals surface area contributed by atoms with Crippen LogP contribution in [0, 0.1) is 5.92 Å². The van der Waals surface area contributed by atoms with E-state index in [1.165, 1.54) is 0 Å². The molecule has 94 valence electrons. The average Bonchev–Trinajstić information content (AvgIpc) is 2.29. The number of alkyl halides is 3. The van der Waals surface area contributed by atoms with Crippen LogP contribution in [-0.4, -0.2) is 50.0 Å². The summed E-state index contributed by atoms with van der Waals surface area (Å²) in [6, 6.07) is 0. The van der Waals surface area contributed by atoms with Gasteiger partial charge in [0, 0.05) is 26.2 Å². The van der Waals surface area contributed by atoms with E-state index in [1.54, 1.807) is 0 Å². The van der Waals surface area contributed by atoms with Crippen molar-refractivity contribution in [3.63, 3.8) is 0 Å². The fraction of sp³-hybridized carbons (Fsp3) is 1.00. The Bertz CT molecular complexity index is 226. The van der Waals surface area contributed by atoms with Gasteiger partial charge in [0.15, 0.2) is 0 Å². The molecule has 16 heavy (non-hydrogen) atoms. The van der Waals surface area contributed by atoms with Crippen molar-refractivity contribution < 1.29 is 13.2 Å². The zero-order chi connectivity index (χ0) is 11.6. The van der Waals surface area contributed by atoms with Gasteiger partial charge in [0.05, 0.1) is 12.1 Å². The molecule has 2 rings (SSSR count). The highest BCUT2D eigenvalue weighted by atomic mass is 19.4. The molecule has 2 N–H and O–H groups in total. The molecule has 0 aromatic rings. The molecule has 2 aliphatic rings. The fourth-order valence-electron chi connectivity index (χ4n) is 2.46. The van der Waals surface area contributed by atoms with Crippen LogP contribution in [0.2, 0.25) is 0 Å². The zero-order valence-electron chi connectivity index (χ0n) is 9.19. The molecule has 0 aliphatic carbocycles. The SMILES string of the molecule is FC(F)(F)C1CCNC(N2CCNCC2)C1. The minimum atomic E-state index is -4.03. The predicted octanol–water partition coefficient (Wildman–Crippen LogP) is 0.780. The van der Waals surface area contributed by atoms with Crippen LogP contribution in [0.3, 0.4) is 0 Å². The van der Waals surface area contributed by atoms with Crippen LogP contribution in [0.4, 0.5) is 13.2 Å². The Hall–Kier alpha value is -0.330. The van der Waals surface area contributed by atoms with Gasteiger partial charge in [-0.2, -0.15) is 13.2 Å². The summed E-state index contributed by atoms with van der Waals surface area (Å²) in [6.07, 6.45) is -3.72. The van der Waals surface area contributed by atoms with Gasteiger partial charge in [-0.25, -0.2) is 0 Å². The molecular weight excluding hydrogens is 219 g/mol. The number of nitrogens with one attached hydrogen (secondary N) is 2. The fourth-order valence-corrected chi connectivity index (χ4v) is 2.46. The predicted molar refractivity (Wildman–Crippen MR) is 55.0 cm³/mol. The van der Waals surface area contributed by atoms with Crippen LogP contribution in [0.15, 0.2) is 0 Å². The molecule has 6 heteroatoms. The van der Waals surface area contributed by atoms with Crippen LogP contribution in [0.1, 0.15) is 12.8 Å². The van der Waals surface area contributed by atoms with Gasteiger partial charge in [0.1, 0.15) is 0 Å². The smallest absolute Gasteiger partial charge is 0.314 e. The molecule has 0 aromatic carbocycles. The van der Waals surface area contributed by atoms with E-state index in [0.29, 0.717) is 6.54 Å². The second kappa shape index (κ2) is 4.89. The number of rotatable bonds is 1. The van der Waals surface area contributed by atoms with Gasteiger partial charge in [0.25, 0.3) is 0 Å². The zero-order valence-corrected chi connectivity index (χ0v) is 9.19. The molecule has 2 atom stereocenters. The monoisotopic (exact) mass is 237 g/mol. The Morgan fingerprint density at radius 1 is 1.06 bits per heavy atom. The Labute approximate surface area is 93.4 Å². The Morgan fingerprint density at radius 3 is 2.38 bits per heavy atom. The lowest BCUT2D eigenvalue weighted by Gasteiger charge is -2.40. The maximum Gasteiger partial charge on any atom is 0.391 e. The number of halogens is 3. The maximum absolute atomic E-state index is 12.6. The Morgan fingerprint density at radius 2 is 1.75 bits per heavy atom. The third-order valence-corrected chi connectivity index (χ3v) is 3.44. The van der Waals surface area contributed by atoms with E-state index >= 15 is 0 Å². The van der Waals surface area contributed by atoms with E-state index in [0.717, 1.165) is 26.2 Å². The average molecular weight is 237 g/mol. The number of hydrogen-bond acceptors (Lipinski definition) is 3. The largest absolute Gasteiger partial charge is 0.391 e. The van der Waals surface area contributed by atoms with Crippen molar-refractivity contribution in [3.05, 3.63) is 0 Å². The van der Waals surface area contributed by atoms with Gasteiger partial charge in [-0.3, -0.25) is 4.90 Å². The Kier molecular flexibility index (Phi) is 3.71. The van der Waals surface area contributed by atoms with Crippen LogP contribution >= 0.6 is 0 Å². The summed E-state index contributed by atoms with van der Waals surface area (Å²) in [5.74, 6) is -1.13. The summed E-state index contributed by atoms with van der Waals surface area (Å²) in [5.41, 5.74) is 0. The summed E-state index contributed by atoms with van der Waals surface area (Å²) < 4.78 is 37.9. The molecule has 0 saturated carbocycles. The first kappa shape index (κ1) is 12.1. The molecule has 0 amide bonds. The first-order valence-electron chi connectivity index (χ1n) is 5.82. The normalized spacial score (nSPS) is 33.9. The van der Waals surface area contributed by atoms with Gasteiger partial charge in [-0.1, -0.05) is 0 Å². The molecule has 2 unspecified atom stereocenters. The molecule has 2 aliphatic heterocycles. The van der Waals surface area contributed by atoms with Crippen molar-refractivity contribution in [2.75, 3.05) is 32.7 Å². The van der Waals surface area contributed by atoms with E-state index in [4.69, 9.17) is 0 Å². The number of nitrogens with zero attached hydrogens (tertiary/aromatic N) is 1.